The molecule has 3 aliphatic heterocycles. The summed E-state index contributed by atoms with van der Waals surface area (Å²) in [6, 6.07) is 5.78. The summed E-state index contributed by atoms with van der Waals surface area (Å²) < 4.78 is 0. The van der Waals surface area contributed by atoms with E-state index in [1.165, 1.54) is 11.8 Å². The molecule has 0 aromatic carbocycles. The van der Waals surface area contributed by atoms with Gasteiger partial charge in [-0.1, -0.05) is 17.8 Å². The lowest BCUT2D eigenvalue weighted by Gasteiger charge is -2.35. The molecule has 0 unspecified atom stereocenters. The number of nitrogens with zero attached hydrogens (tertiary/aromatic N) is 4. The first-order chi connectivity index (χ1) is 12.7. The normalized spacial score (nSPS) is 22.5. The van der Waals surface area contributed by atoms with E-state index >= 15 is 0 Å². The Bertz CT molecular complexity index is 769. The summed E-state index contributed by atoms with van der Waals surface area (Å²) in [5, 5.41) is 2.83. The van der Waals surface area contributed by atoms with Gasteiger partial charge in [0.25, 0.3) is 0 Å². The van der Waals surface area contributed by atoms with Gasteiger partial charge in [0.15, 0.2) is 0 Å². The lowest BCUT2D eigenvalue weighted by Crippen LogP contribution is -2.47. The van der Waals surface area contributed by atoms with E-state index in [0.717, 1.165) is 23.6 Å². The van der Waals surface area contributed by atoms with Crippen LogP contribution < -0.4 is 0 Å². The van der Waals surface area contributed by atoms with Gasteiger partial charge in [0, 0.05) is 30.7 Å². The second kappa shape index (κ2) is 7.75. The number of piperidine rings is 1. The number of rotatable bonds is 5. The molecule has 3 saturated heterocycles. The lowest BCUT2D eigenvalue weighted by atomic mass is 9.94. The SMILES string of the molecule is O=C(CSc1ccccn1)N1C[C@@H]2CC[C@H](C1)N(Cc1cscn1)C2=O. The molecule has 3 aliphatic rings. The molecule has 5 rings (SSSR count). The summed E-state index contributed by atoms with van der Waals surface area (Å²) in [4.78, 5) is 37.9. The molecule has 2 atom stereocenters. The molecule has 5 heterocycles. The van der Waals surface area contributed by atoms with Gasteiger partial charge in [0.2, 0.25) is 11.8 Å². The number of aromatic nitrogens is 2. The van der Waals surface area contributed by atoms with Gasteiger partial charge in [0.1, 0.15) is 0 Å². The van der Waals surface area contributed by atoms with E-state index < -0.39 is 0 Å². The van der Waals surface area contributed by atoms with Crippen LogP contribution in [-0.2, 0) is 16.1 Å². The van der Waals surface area contributed by atoms with Gasteiger partial charge in [0.05, 0.1) is 34.4 Å². The zero-order chi connectivity index (χ0) is 17.9. The third-order valence-electron chi connectivity index (χ3n) is 4.94. The van der Waals surface area contributed by atoms with Crippen molar-refractivity contribution < 1.29 is 9.59 Å². The summed E-state index contributed by atoms with van der Waals surface area (Å²) in [6.45, 7) is 1.70. The molecule has 8 heteroatoms. The molecule has 0 radical (unpaired) electrons. The predicted octanol–water partition coefficient (Wildman–Crippen LogP) is 2.28. The number of thioether (sulfide) groups is 1. The average Bonchev–Trinajstić information content (AvgIpc) is 3.03. The Morgan fingerprint density at radius 3 is 2.96 bits per heavy atom. The largest absolute Gasteiger partial charge is 0.339 e. The van der Waals surface area contributed by atoms with Crippen LogP contribution in [-0.4, -0.2) is 56.5 Å². The van der Waals surface area contributed by atoms with Crippen molar-refractivity contribution in [3.8, 4) is 0 Å². The lowest BCUT2D eigenvalue weighted by molar-refractivity contribution is -0.140. The summed E-state index contributed by atoms with van der Waals surface area (Å²) in [5.41, 5.74) is 2.72. The van der Waals surface area contributed by atoms with E-state index in [0.29, 0.717) is 25.4 Å². The Balaban J connectivity index is 1.42. The van der Waals surface area contributed by atoms with Gasteiger partial charge in [-0.15, -0.1) is 11.3 Å². The third-order valence-corrected chi connectivity index (χ3v) is 6.51. The maximum absolute atomic E-state index is 12.8. The number of amides is 2. The number of thiazole rings is 1. The molecule has 2 aromatic rings. The minimum absolute atomic E-state index is 0.0841. The Kier molecular flexibility index (Phi) is 5.21. The molecule has 3 fully saturated rings. The fourth-order valence-electron chi connectivity index (χ4n) is 3.60. The van der Waals surface area contributed by atoms with Crippen LogP contribution in [0.2, 0.25) is 0 Å². The highest BCUT2D eigenvalue weighted by Gasteiger charge is 2.41. The van der Waals surface area contributed by atoms with E-state index in [4.69, 9.17) is 0 Å². The number of carbonyl (C=O) groups excluding carboxylic acids is 2. The van der Waals surface area contributed by atoms with Crippen molar-refractivity contribution in [2.75, 3.05) is 18.8 Å². The van der Waals surface area contributed by atoms with Crippen LogP contribution >= 0.6 is 23.1 Å². The number of carbonyl (C=O) groups is 2. The van der Waals surface area contributed by atoms with Crippen LogP contribution in [0, 0.1) is 5.92 Å². The quantitative estimate of drug-likeness (QED) is 0.735. The van der Waals surface area contributed by atoms with Gasteiger partial charge in [-0.2, -0.15) is 0 Å². The van der Waals surface area contributed by atoms with E-state index in [1.54, 1.807) is 23.0 Å². The monoisotopic (exact) mass is 388 g/mol. The smallest absolute Gasteiger partial charge is 0.233 e. The molecule has 6 nitrogen and oxygen atoms in total. The highest BCUT2D eigenvalue weighted by molar-refractivity contribution is 7.99. The van der Waals surface area contributed by atoms with Gasteiger partial charge in [-0.25, -0.2) is 9.97 Å². The van der Waals surface area contributed by atoms with Crippen molar-refractivity contribution in [2.45, 2.75) is 30.5 Å². The van der Waals surface area contributed by atoms with Crippen LogP contribution in [0.3, 0.4) is 0 Å². The number of hydrogen-bond donors (Lipinski definition) is 0. The van der Waals surface area contributed by atoms with Crippen molar-refractivity contribution in [1.29, 1.82) is 0 Å². The summed E-state index contributed by atoms with van der Waals surface area (Å²) in [6.07, 6.45) is 3.56. The van der Waals surface area contributed by atoms with Crippen LogP contribution in [0.5, 0.6) is 0 Å². The zero-order valence-electron chi connectivity index (χ0n) is 14.3. The van der Waals surface area contributed by atoms with Crippen LogP contribution in [0.25, 0.3) is 0 Å². The summed E-state index contributed by atoms with van der Waals surface area (Å²) >= 11 is 2.99. The van der Waals surface area contributed by atoms with E-state index in [-0.39, 0.29) is 23.8 Å². The Morgan fingerprint density at radius 2 is 2.19 bits per heavy atom. The minimum Gasteiger partial charge on any atom is -0.339 e. The molecular weight excluding hydrogens is 368 g/mol. The highest BCUT2D eigenvalue weighted by Crippen LogP contribution is 2.31. The molecule has 0 spiro atoms. The van der Waals surface area contributed by atoms with Crippen LogP contribution in [0.1, 0.15) is 18.5 Å². The first kappa shape index (κ1) is 17.5. The van der Waals surface area contributed by atoms with Gasteiger partial charge in [-0.3, -0.25) is 9.59 Å². The van der Waals surface area contributed by atoms with E-state index in [2.05, 4.69) is 9.97 Å². The molecule has 0 N–H and O–H groups in total. The molecule has 0 saturated carbocycles. The fourth-order valence-corrected chi connectivity index (χ4v) is 4.92. The van der Waals surface area contributed by atoms with Crippen LogP contribution in [0.15, 0.2) is 40.3 Å². The summed E-state index contributed by atoms with van der Waals surface area (Å²) in [5.74, 6) is 0.524. The third kappa shape index (κ3) is 3.76. The Morgan fingerprint density at radius 1 is 1.27 bits per heavy atom. The molecular formula is C18H20N4O2S2. The van der Waals surface area contributed by atoms with Crippen molar-refractivity contribution >= 4 is 34.9 Å². The number of fused-ring (bicyclic) bond motifs is 4. The molecule has 2 amide bonds. The number of pyridine rings is 1. The fraction of sp³-hybridized carbons (Fsp3) is 0.444. The second-order valence-electron chi connectivity index (χ2n) is 6.63. The first-order valence-corrected chi connectivity index (χ1v) is 10.6. The Hall–Kier alpha value is -1.93. The van der Waals surface area contributed by atoms with Crippen LogP contribution in [0.4, 0.5) is 0 Å². The predicted molar refractivity (Wildman–Crippen MR) is 101 cm³/mol. The van der Waals surface area contributed by atoms with Gasteiger partial charge in [-0.05, 0) is 25.0 Å². The Labute approximate surface area is 160 Å². The van der Waals surface area contributed by atoms with Crippen molar-refractivity contribution in [3.63, 3.8) is 0 Å². The molecule has 26 heavy (non-hydrogen) atoms. The van der Waals surface area contributed by atoms with Gasteiger partial charge >= 0.3 is 0 Å². The first-order valence-electron chi connectivity index (χ1n) is 8.70. The molecule has 0 aliphatic carbocycles. The van der Waals surface area contributed by atoms with Crippen molar-refractivity contribution in [3.05, 3.63) is 41.0 Å². The van der Waals surface area contributed by atoms with E-state index in [9.17, 15) is 9.59 Å². The standard InChI is InChI=1S/C18H20N4O2S2/c23-17(11-26-16-3-1-2-6-19-16)21-7-13-4-5-15(9-21)22(18(13)24)8-14-10-25-12-20-14/h1-3,6,10,12-13,15H,4-5,7-9,11H2/t13-,15+/m0/s1. The van der Waals surface area contributed by atoms with Crippen molar-refractivity contribution in [1.82, 2.24) is 19.8 Å². The molecule has 2 aromatic heterocycles. The zero-order valence-corrected chi connectivity index (χ0v) is 15.9. The average molecular weight is 389 g/mol. The second-order valence-corrected chi connectivity index (χ2v) is 8.34. The molecule has 136 valence electrons. The van der Waals surface area contributed by atoms with Crippen molar-refractivity contribution in [2.24, 2.45) is 5.92 Å². The van der Waals surface area contributed by atoms with Gasteiger partial charge < -0.3 is 9.80 Å². The van der Waals surface area contributed by atoms with E-state index in [1.807, 2.05) is 33.4 Å². The summed E-state index contributed by atoms with van der Waals surface area (Å²) in [7, 11) is 0. The number of hydrogen-bond acceptors (Lipinski definition) is 6. The topological polar surface area (TPSA) is 66.4 Å². The highest BCUT2D eigenvalue weighted by atomic mass is 32.2. The maximum atomic E-state index is 12.8. The maximum Gasteiger partial charge on any atom is 0.233 e. The molecule has 2 bridgehead atoms. The minimum atomic E-state index is -0.0869.